The molecule has 1 aliphatic heterocycles. The normalized spacial score (nSPS) is 17.2. The molecule has 17 heavy (non-hydrogen) atoms. The number of carbonyl (C=O) groups excluding carboxylic acids is 3. The predicted molar refractivity (Wildman–Crippen MR) is 55.8 cm³/mol. The number of ether oxygens (including phenoxy) is 3. The molecule has 0 aromatic rings. The monoisotopic (exact) mass is 242 g/mol. The number of hydrogen-bond acceptors (Lipinski definition) is 6. The molecule has 0 saturated heterocycles. The van der Waals surface area contributed by atoms with E-state index in [0.29, 0.717) is 0 Å². The van der Waals surface area contributed by atoms with Crippen LogP contribution in [0, 0.1) is 0 Å². The first-order chi connectivity index (χ1) is 8.06. The van der Waals surface area contributed by atoms with E-state index in [4.69, 9.17) is 14.2 Å². The zero-order valence-corrected chi connectivity index (χ0v) is 9.73. The summed E-state index contributed by atoms with van der Waals surface area (Å²) >= 11 is 0. The highest BCUT2D eigenvalue weighted by atomic mass is 16.6. The summed E-state index contributed by atoms with van der Waals surface area (Å²) in [6, 6.07) is 0. The minimum absolute atomic E-state index is 0.0846. The molecule has 0 aliphatic carbocycles. The summed E-state index contributed by atoms with van der Waals surface area (Å²) in [6.45, 7) is 3.36. The number of esters is 2. The van der Waals surface area contributed by atoms with E-state index in [1.807, 2.05) is 0 Å². The molecule has 6 heteroatoms. The largest absolute Gasteiger partial charge is 0.471 e. The Morgan fingerprint density at radius 2 is 1.82 bits per heavy atom. The third kappa shape index (κ3) is 2.64. The quantitative estimate of drug-likeness (QED) is 0.523. The van der Waals surface area contributed by atoms with Crippen LogP contribution in [-0.2, 0) is 28.6 Å². The number of carbonyl (C=O) groups is 3. The zero-order chi connectivity index (χ0) is 12.9. The van der Waals surface area contributed by atoms with Crippen LogP contribution in [0.2, 0.25) is 0 Å². The van der Waals surface area contributed by atoms with E-state index >= 15 is 0 Å². The Kier molecular flexibility index (Phi) is 4.25. The van der Waals surface area contributed by atoms with E-state index in [0.717, 1.165) is 12.3 Å². The first-order valence-corrected chi connectivity index (χ1v) is 5.28. The van der Waals surface area contributed by atoms with Gasteiger partial charge in [-0.2, -0.15) is 0 Å². The van der Waals surface area contributed by atoms with Gasteiger partial charge in [-0.1, -0.05) is 0 Å². The molecule has 6 nitrogen and oxygen atoms in total. The van der Waals surface area contributed by atoms with Crippen molar-refractivity contribution in [2.45, 2.75) is 25.9 Å². The van der Waals surface area contributed by atoms with Crippen molar-refractivity contribution in [3.63, 3.8) is 0 Å². The Morgan fingerprint density at radius 3 is 2.24 bits per heavy atom. The highest BCUT2D eigenvalue weighted by Crippen LogP contribution is 2.25. The lowest BCUT2D eigenvalue weighted by molar-refractivity contribution is -0.186. The molecule has 0 amide bonds. The lowest BCUT2D eigenvalue weighted by Gasteiger charge is -2.29. The highest BCUT2D eigenvalue weighted by Gasteiger charge is 2.53. The van der Waals surface area contributed by atoms with Gasteiger partial charge in [0.1, 0.15) is 0 Å². The van der Waals surface area contributed by atoms with Crippen LogP contribution in [0.3, 0.4) is 0 Å². The molecule has 0 aromatic heterocycles. The second-order valence-corrected chi connectivity index (χ2v) is 3.33. The maximum atomic E-state index is 11.7. The summed E-state index contributed by atoms with van der Waals surface area (Å²) in [6.07, 6.45) is 1.76. The molecule has 0 saturated carbocycles. The lowest BCUT2D eigenvalue weighted by atomic mass is 9.95. The number of hydrogen-bond donors (Lipinski definition) is 0. The summed E-state index contributed by atoms with van der Waals surface area (Å²) in [5.41, 5.74) is -1.99. The van der Waals surface area contributed by atoms with Gasteiger partial charge >= 0.3 is 17.5 Å². The van der Waals surface area contributed by atoms with E-state index in [1.165, 1.54) is 0 Å². The fourth-order valence-electron chi connectivity index (χ4n) is 1.39. The van der Waals surface area contributed by atoms with Crippen LogP contribution in [0.25, 0.3) is 0 Å². The molecular formula is C11H14O6. The number of allylic oxidation sites excluding steroid dienone is 1. The van der Waals surface area contributed by atoms with Crippen LogP contribution < -0.4 is 0 Å². The maximum absolute atomic E-state index is 11.7. The Bertz CT molecular complexity index is 339. The third-order valence-corrected chi connectivity index (χ3v) is 2.16. The zero-order valence-electron chi connectivity index (χ0n) is 9.73. The van der Waals surface area contributed by atoms with Crippen LogP contribution in [0.5, 0.6) is 0 Å². The van der Waals surface area contributed by atoms with Crippen molar-refractivity contribution < 1.29 is 28.6 Å². The maximum Gasteiger partial charge on any atom is 0.362 e. The van der Waals surface area contributed by atoms with Gasteiger partial charge in [-0.25, -0.2) is 9.59 Å². The van der Waals surface area contributed by atoms with E-state index in [1.54, 1.807) is 13.8 Å². The van der Waals surface area contributed by atoms with Crippen LogP contribution in [0.4, 0.5) is 0 Å². The molecule has 1 aliphatic rings. The van der Waals surface area contributed by atoms with Crippen LogP contribution in [-0.4, -0.2) is 36.5 Å². The Morgan fingerprint density at radius 1 is 1.29 bits per heavy atom. The first-order valence-electron chi connectivity index (χ1n) is 5.28. The average molecular weight is 242 g/mol. The Balaban J connectivity index is 3.00. The smallest absolute Gasteiger partial charge is 0.362 e. The van der Waals surface area contributed by atoms with Crippen molar-refractivity contribution in [1.29, 1.82) is 0 Å². The van der Waals surface area contributed by atoms with Gasteiger partial charge in [0, 0.05) is 6.08 Å². The van der Waals surface area contributed by atoms with Crippen LogP contribution in [0.1, 0.15) is 20.3 Å². The van der Waals surface area contributed by atoms with Gasteiger partial charge < -0.3 is 14.2 Å². The minimum atomic E-state index is -1.99. The molecule has 0 N–H and O–H groups in total. The van der Waals surface area contributed by atoms with Crippen molar-refractivity contribution >= 4 is 17.7 Å². The average Bonchev–Trinajstić information content (AvgIpc) is 2.29. The van der Waals surface area contributed by atoms with Gasteiger partial charge in [-0.05, 0) is 13.8 Å². The second kappa shape index (κ2) is 5.47. The first kappa shape index (κ1) is 13.2. The molecule has 0 unspecified atom stereocenters. The Hall–Kier alpha value is -1.85. The number of rotatable bonds is 4. The number of ketones is 1. The van der Waals surface area contributed by atoms with E-state index < -0.39 is 29.7 Å². The molecule has 0 aromatic carbocycles. The minimum Gasteiger partial charge on any atom is -0.471 e. The van der Waals surface area contributed by atoms with E-state index in [9.17, 15) is 14.4 Å². The van der Waals surface area contributed by atoms with Crippen molar-refractivity contribution in [3.8, 4) is 0 Å². The molecule has 94 valence electrons. The van der Waals surface area contributed by atoms with E-state index in [-0.39, 0.29) is 13.2 Å². The van der Waals surface area contributed by atoms with Gasteiger partial charge in [0.15, 0.2) is 5.78 Å². The standard InChI is InChI=1S/C11H14O6/c1-3-15-9(13)11(10(14)16-4-2)7-8(12)5-6-17-11/h5-6H,3-4,7H2,1-2H3. The van der Waals surface area contributed by atoms with Crippen LogP contribution >= 0.6 is 0 Å². The molecule has 0 spiro atoms. The molecule has 0 atom stereocenters. The second-order valence-electron chi connectivity index (χ2n) is 3.33. The highest BCUT2D eigenvalue weighted by molar-refractivity contribution is 6.09. The molecule has 0 fully saturated rings. The van der Waals surface area contributed by atoms with Crippen molar-refractivity contribution in [2.75, 3.05) is 13.2 Å². The lowest BCUT2D eigenvalue weighted by Crippen LogP contribution is -2.52. The predicted octanol–water partition coefficient (Wildman–Crippen LogP) is 0.354. The fraction of sp³-hybridized carbons (Fsp3) is 0.545. The van der Waals surface area contributed by atoms with Gasteiger partial charge in [0.05, 0.1) is 25.9 Å². The van der Waals surface area contributed by atoms with Crippen molar-refractivity contribution in [2.24, 2.45) is 0 Å². The Labute approximate surface area is 98.5 Å². The molecule has 1 rings (SSSR count). The molecule has 0 radical (unpaired) electrons. The summed E-state index contributed by atoms with van der Waals surface area (Å²) in [7, 11) is 0. The molecule has 0 bridgehead atoms. The van der Waals surface area contributed by atoms with Crippen molar-refractivity contribution in [3.05, 3.63) is 12.3 Å². The SMILES string of the molecule is CCOC(=O)C1(C(=O)OCC)CC(=O)C=CO1. The van der Waals surface area contributed by atoms with Gasteiger partial charge in [0.25, 0.3) is 0 Å². The summed E-state index contributed by atoms with van der Waals surface area (Å²) in [4.78, 5) is 34.8. The van der Waals surface area contributed by atoms with Gasteiger partial charge in [-0.3, -0.25) is 4.79 Å². The summed E-state index contributed by atoms with van der Waals surface area (Å²) < 4.78 is 14.5. The fourth-order valence-corrected chi connectivity index (χ4v) is 1.39. The van der Waals surface area contributed by atoms with Gasteiger partial charge in [-0.15, -0.1) is 0 Å². The van der Waals surface area contributed by atoms with Gasteiger partial charge in [0.2, 0.25) is 0 Å². The summed E-state index contributed by atoms with van der Waals surface area (Å²) in [5.74, 6) is -2.20. The molecule has 1 heterocycles. The topological polar surface area (TPSA) is 78.9 Å². The van der Waals surface area contributed by atoms with E-state index in [2.05, 4.69) is 0 Å². The summed E-state index contributed by atoms with van der Waals surface area (Å²) in [5, 5.41) is 0. The molecular weight excluding hydrogens is 228 g/mol. The van der Waals surface area contributed by atoms with Crippen molar-refractivity contribution in [1.82, 2.24) is 0 Å². The third-order valence-electron chi connectivity index (χ3n) is 2.16. The van der Waals surface area contributed by atoms with Crippen LogP contribution in [0.15, 0.2) is 12.3 Å².